The zero-order valence-corrected chi connectivity index (χ0v) is 10.8. The lowest BCUT2D eigenvalue weighted by Gasteiger charge is -2.16. The van der Waals surface area contributed by atoms with Gasteiger partial charge >= 0.3 is 0 Å². The standard InChI is InChI=1S/C15H18FNO2/c1-11(9-14(18)15-3-2-8-19-15)17-10-12-4-6-13(16)7-5-12/h2-8,11,14,17-18H,9-10H2,1H3. The van der Waals surface area contributed by atoms with E-state index in [1.54, 1.807) is 30.5 Å². The molecule has 0 saturated carbocycles. The average Bonchev–Trinajstić information content (AvgIpc) is 2.92. The number of rotatable bonds is 6. The molecule has 0 aliphatic carbocycles. The monoisotopic (exact) mass is 263 g/mol. The summed E-state index contributed by atoms with van der Waals surface area (Å²) in [6.07, 6.45) is 1.51. The van der Waals surface area contributed by atoms with E-state index in [9.17, 15) is 9.50 Å². The van der Waals surface area contributed by atoms with E-state index in [-0.39, 0.29) is 11.9 Å². The molecule has 1 heterocycles. The van der Waals surface area contributed by atoms with Gasteiger partial charge in [0.05, 0.1) is 6.26 Å². The van der Waals surface area contributed by atoms with Crippen molar-refractivity contribution >= 4 is 0 Å². The van der Waals surface area contributed by atoms with Gasteiger partial charge in [0.2, 0.25) is 0 Å². The summed E-state index contributed by atoms with van der Waals surface area (Å²) in [6, 6.07) is 10.0. The molecule has 0 amide bonds. The molecule has 0 aliphatic rings. The normalized spacial score (nSPS) is 14.3. The van der Waals surface area contributed by atoms with Crippen LogP contribution in [0.15, 0.2) is 47.1 Å². The second-order valence-corrected chi connectivity index (χ2v) is 4.68. The Morgan fingerprint density at radius 1 is 1.26 bits per heavy atom. The van der Waals surface area contributed by atoms with Crippen LogP contribution in [0.3, 0.4) is 0 Å². The fourth-order valence-corrected chi connectivity index (χ4v) is 1.91. The lowest BCUT2D eigenvalue weighted by molar-refractivity contribution is 0.128. The van der Waals surface area contributed by atoms with E-state index in [4.69, 9.17) is 4.42 Å². The van der Waals surface area contributed by atoms with Crippen molar-refractivity contribution in [3.05, 3.63) is 59.8 Å². The van der Waals surface area contributed by atoms with Gasteiger partial charge in [-0.15, -0.1) is 0 Å². The number of nitrogens with one attached hydrogen (secondary N) is 1. The van der Waals surface area contributed by atoms with Gasteiger partial charge in [0.15, 0.2) is 0 Å². The van der Waals surface area contributed by atoms with E-state index in [1.165, 1.54) is 12.1 Å². The van der Waals surface area contributed by atoms with Crippen molar-refractivity contribution in [2.75, 3.05) is 0 Å². The second-order valence-electron chi connectivity index (χ2n) is 4.68. The summed E-state index contributed by atoms with van der Waals surface area (Å²) < 4.78 is 17.9. The maximum Gasteiger partial charge on any atom is 0.132 e. The van der Waals surface area contributed by atoms with Crippen molar-refractivity contribution in [1.29, 1.82) is 0 Å². The summed E-state index contributed by atoms with van der Waals surface area (Å²) in [4.78, 5) is 0. The van der Waals surface area contributed by atoms with Gasteiger partial charge in [-0.05, 0) is 43.2 Å². The van der Waals surface area contributed by atoms with Gasteiger partial charge in [0, 0.05) is 12.6 Å². The summed E-state index contributed by atoms with van der Waals surface area (Å²) in [5.74, 6) is 0.348. The molecule has 0 saturated heterocycles. The molecule has 0 bridgehead atoms. The second kappa shape index (κ2) is 6.50. The third kappa shape index (κ3) is 4.19. The van der Waals surface area contributed by atoms with Gasteiger partial charge in [-0.25, -0.2) is 4.39 Å². The summed E-state index contributed by atoms with van der Waals surface area (Å²) in [7, 11) is 0. The fraction of sp³-hybridized carbons (Fsp3) is 0.333. The van der Waals surface area contributed by atoms with Gasteiger partial charge < -0.3 is 14.8 Å². The maximum atomic E-state index is 12.8. The molecular formula is C15H18FNO2. The molecule has 0 fully saturated rings. The van der Waals surface area contributed by atoms with E-state index < -0.39 is 6.10 Å². The zero-order valence-electron chi connectivity index (χ0n) is 10.8. The Morgan fingerprint density at radius 2 is 2.00 bits per heavy atom. The van der Waals surface area contributed by atoms with E-state index in [2.05, 4.69) is 5.32 Å². The quantitative estimate of drug-likeness (QED) is 0.842. The number of hydrogen-bond donors (Lipinski definition) is 2. The molecule has 4 heteroatoms. The molecule has 19 heavy (non-hydrogen) atoms. The first-order valence-electron chi connectivity index (χ1n) is 6.34. The highest BCUT2D eigenvalue weighted by Crippen LogP contribution is 2.18. The Bertz CT molecular complexity index is 481. The largest absolute Gasteiger partial charge is 0.467 e. The van der Waals surface area contributed by atoms with E-state index in [0.717, 1.165) is 5.56 Å². The van der Waals surface area contributed by atoms with Crippen LogP contribution in [0.25, 0.3) is 0 Å². The van der Waals surface area contributed by atoms with Crippen LogP contribution in [0.4, 0.5) is 4.39 Å². The Hall–Kier alpha value is -1.65. The summed E-state index contributed by atoms with van der Waals surface area (Å²) >= 11 is 0. The van der Waals surface area contributed by atoms with Crippen molar-refractivity contribution in [1.82, 2.24) is 5.32 Å². The Kier molecular flexibility index (Phi) is 4.71. The molecule has 2 aromatic rings. The first kappa shape index (κ1) is 13.8. The zero-order chi connectivity index (χ0) is 13.7. The molecule has 2 N–H and O–H groups in total. The van der Waals surface area contributed by atoms with Crippen molar-refractivity contribution < 1.29 is 13.9 Å². The fourth-order valence-electron chi connectivity index (χ4n) is 1.91. The molecule has 102 valence electrons. The molecular weight excluding hydrogens is 245 g/mol. The lowest BCUT2D eigenvalue weighted by atomic mass is 10.1. The average molecular weight is 263 g/mol. The number of aliphatic hydroxyl groups excluding tert-OH is 1. The molecule has 2 atom stereocenters. The number of hydrogen-bond acceptors (Lipinski definition) is 3. The SMILES string of the molecule is CC(CC(O)c1ccco1)NCc1ccc(F)cc1. The van der Waals surface area contributed by atoms with Gasteiger partial charge in [0.1, 0.15) is 17.7 Å². The van der Waals surface area contributed by atoms with Crippen LogP contribution < -0.4 is 5.32 Å². The lowest BCUT2D eigenvalue weighted by Crippen LogP contribution is -2.27. The van der Waals surface area contributed by atoms with Crippen molar-refractivity contribution in [2.45, 2.75) is 32.0 Å². The topological polar surface area (TPSA) is 45.4 Å². The van der Waals surface area contributed by atoms with Crippen molar-refractivity contribution in [2.24, 2.45) is 0 Å². The molecule has 3 nitrogen and oxygen atoms in total. The molecule has 1 aromatic heterocycles. The number of halogens is 1. The summed E-state index contributed by atoms with van der Waals surface area (Å²) in [5, 5.41) is 13.2. The van der Waals surface area contributed by atoms with Crippen molar-refractivity contribution in [3.8, 4) is 0 Å². The Morgan fingerprint density at radius 3 is 2.63 bits per heavy atom. The number of benzene rings is 1. The minimum Gasteiger partial charge on any atom is -0.467 e. The van der Waals surface area contributed by atoms with Gasteiger partial charge in [-0.3, -0.25) is 0 Å². The minimum atomic E-state index is -0.606. The predicted molar refractivity (Wildman–Crippen MR) is 71.0 cm³/mol. The summed E-state index contributed by atoms with van der Waals surface area (Å²) in [6.45, 7) is 2.64. The van der Waals surface area contributed by atoms with Crippen LogP contribution in [-0.2, 0) is 6.54 Å². The van der Waals surface area contributed by atoms with Crippen LogP contribution in [0.1, 0.15) is 30.8 Å². The highest BCUT2D eigenvalue weighted by atomic mass is 19.1. The van der Waals surface area contributed by atoms with Gasteiger partial charge in [-0.2, -0.15) is 0 Å². The first-order valence-corrected chi connectivity index (χ1v) is 6.34. The predicted octanol–water partition coefficient (Wildman–Crippen LogP) is 3.02. The molecule has 2 unspecified atom stereocenters. The van der Waals surface area contributed by atoms with Crippen LogP contribution in [0.5, 0.6) is 0 Å². The molecule has 0 radical (unpaired) electrons. The van der Waals surface area contributed by atoms with Crippen molar-refractivity contribution in [3.63, 3.8) is 0 Å². The highest BCUT2D eigenvalue weighted by molar-refractivity contribution is 5.15. The number of aliphatic hydroxyl groups is 1. The van der Waals surface area contributed by atoms with Crippen LogP contribution in [0.2, 0.25) is 0 Å². The molecule has 0 spiro atoms. The van der Waals surface area contributed by atoms with Crippen LogP contribution >= 0.6 is 0 Å². The van der Waals surface area contributed by atoms with Crippen LogP contribution in [0, 0.1) is 5.82 Å². The molecule has 2 rings (SSSR count). The van der Waals surface area contributed by atoms with E-state index >= 15 is 0 Å². The number of furan rings is 1. The third-order valence-corrected chi connectivity index (χ3v) is 3.02. The first-order chi connectivity index (χ1) is 9.15. The Balaban J connectivity index is 1.78. The van der Waals surface area contributed by atoms with E-state index in [1.807, 2.05) is 6.92 Å². The highest BCUT2D eigenvalue weighted by Gasteiger charge is 2.14. The van der Waals surface area contributed by atoms with Gasteiger partial charge in [-0.1, -0.05) is 12.1 Å². The summed E-state index contributed by atoms with van der Waals surface area (Å²) in [5.41, 5.74) is 1.01. The van der Waals surface area contributed by atoms with Gasteiger partial charge in [0.25, 0.3) is 0 Å². The minimum absolute atomic E-state index is 0.130. The smallest absolute Gasteiger partial charge is 0.132 e. The maximum absolute atomic E-state index is 12.8. The molecule has 1 aromatic carbocycles. The molecule has 0 aliphatic heterocycles. The third-order valence-electron chi connectivity index (χ3n) is 3.02. The van der Waals surface area contributed by atoms with E-state index in [0.29, 0.717) is 18.7 Å². The Labute approximate surface area is 112 Å². The van der Waals surface area contributed by atoms with Crippen LogP contribution in [-0.4, -0.2) is 11.1 Å².